The van der Waals surface area contributed by atoms with E-state index in [2.05, 4.69) is 21.2 Å². The number of rotatable bonds is 4. The molecule has 1 atom stereocenters. The second kappa shape index (κ2) is 6.38. The zero-order valence-electron chi connectivity index (χ0n) is 10.2. The van der Waals surface area contributed by atoms with Gasteiger partial charge in [0.25, 0.3) is 0 Å². The predicted octanol–water partition coefficient (Wildman–Crippen LogP) is 3.53. The zero-order valence-corrected chi connectivity index (χ0v) is 11.8. The molecule has 0 heterocycles. The number of hydrogen-bond acceptors (Lipinski definition) is 2. The summed E-state index contributed by atoms with van der Waals surface area (Å²) in [6.07, 6.45) is -3.28. The summed E-state index contributed by atoms with van der Waals surface area (Å²) in [6, 6.07) is 2.78. The zero-order chi connectivity index (χ0) is 14.6. The highest BCUT2D eigenvalue weighted by Gasteiger charge is 2.33. The molecule has 0 saturated heterocycles. The first-order valence-electron chi connectivity index (χ1n) is 5.69. The third-order valence-electron chi connectivity index (χ3n) is 2.48. The van der Waals surface area contributed by atoms with Crippen molar-refractivity contribution in [3.05, 3.63) is 28.2 Å². The van der Waals surface area contributed by atoms with Gasteiger partial charge in [-0.2, -0.15) is 13.2 Å². The van der Waals surface area contributed by atoms with Gasteiger partial charge in [-0.05, 0) is 24.6 Å². The second-order valence-corrected chi connectivity index (χ2v) is 4.93. The van der Waals surface area contributed by atoms with Gasteiger partial charge < -0.3 is 11.1 Å². The largest absolute Gasteiger partial charge is 0.417 e. The molecule has 0 bridgehead atoms. The molecule has 1 aromatic carbocycles. The highest BCUT2D eigenvalue weighted by molar-refractivity contribution is 9.10. The van der Waals surface area contributed by atoms with E-state index in [1.165, 1.54) is 12.1 Å². The van der Waals surface area contributed by atoms with Crippen molar-refractivity contribution in [1.29, 1.82) is 0 Å². The van der Waals surface area contributed by atoms with Gasteiger partial charge in [0, 0.05) is 10.2 Å². The van der Waals surface area contributed by atoms with Crippen LogP contribution in [0.25, 0.3) is 0 Å². The van der Waals surface area contributed by atoms with Gasteiger partial charge in [0.15, 0.2) is 0 Å². The Labute approximate surface area is 117 Å². The molecule has 0 fully saturated rings. The van der Waals surface area contributed by atoms with E-state index in [4.69, 9.17) is 5.73 Å². The monoisotopic (exact) mass is 338 g/mol. The van der Waals surface area contributed by atoms with Crippen molar-refractivity contribution in [2.24, 2.45) is 5.73 Å². The summed E-state index contributed by atoms with van der Waals surface area (Å²) in [7, 11) is 0. The number of carbonyl (C=O) groups excluding carboxylic acids is 1. The maximum Gasteiger partial charge on any atom is 0.417 e. The van der Waals surface area contributed by atoms with Crippen LogP contribution in [0.4, 0.5) is 18.9 Å². The van der Waals surface area contributed by atoms with Gasteiger partial charge in [0.2, 0.25) is 5.91 Å². The van der Waals surface area contributed by atoms with Crippen LogP contribution in [0.5, 0.6) is 0 Å². The average molecular weight is 339 g/mol. The average Bonchev–Trinajstić information content (AvgIpc) is 2.30. The van der Waals surface area contributed by atoms with Gasteiger partial charge in [0.1, 0.15) is 0 Å². The molecular weight excluding hydrogens is 325 g/mol. The fourth-order valence-corrected chi connectivity index (χ4v) is 1.97. The molecule has 0 aromatic heterocycles. The van der Waals surface area contributed by atoms with Gasteiger partial charge >= 0.3 is 6.18 Å². The first kappa shape index (κ1) is 16.0. The Morgan fingerprint density at radius 3 is 2.63 bits per heavy atom. The lowest BCUT2D eigenvalue weighted by Gasteiger charge is -2.14. The van der Waals surface area contributed by atoms with Crippen LogP contribution in [-0.2, 0) is 11.0 Å². The number of alkyl halides is 3. The summed E-state index contributed by atoms with van der Waals surface area (Å²) in [4.78, 5) is 11.6. The highest BCUT2D eigenvalue weighted by atomic mass is 79.9. The standard InChI is InChI=1S/C12H14BrF3N2O/c1-2-3-10(17)11(19)18-7-4-5-9(13)8(6-7)12(14,15)16/h4-6,10H,2-3,17H2,1H3,(H,18,19)/t10-/m0/s1. The van der Waals surface area contributed by atoms with Crippen molar-refractivity contribution in [2.45, 2.75) is 32.0 Å². The Hall–Kier alpha value is -1.08. The lowest BCUT2D eigenvalue weighted by atomic mass is 10.1. The van der Waals surface area contributed by atoms with E-state index in [1.807, 2.05) is 6.92 Å². The maximum absolute atomic E-state index is 12.7. The fourth-order valence-electron chi connectivity index (χ4n) is 1.50. The van der Waals surface area contributed by atoms with E-state index in [9.17, 15) is 18.0 Å². The molecule has 0 aliphatic rings. The van der Waals surface area contributed by atoms with Crippen molar-refractivity contribution in [1.82, 2.24) is 0 Å². The number of benzene rings is 1. The molecule has 3 N–H and O–H groups in total. The van der Waals surface area contributed by atoms with Crippen molar-refractivity contribution in [3.8, 4) is 0 Å². The summed E-state index contributed by atoms with van der Waals surface area (Å²) >= 11 is 2.83. The lowest BCUT2D eigenvalue weighted by Crippen LogP contribution is -2.35. The van der Waals surface area contributed by atoms with Gasteiger partial charge in [-0.1, -0.05) is 29.3 Å². The topological polar surface area (TPSA) is 55.1 Å². The van der Waals surface area contributed by atoms with Crippen LogP contribution in [0.2, 0.25) is 0 Å². The normalized spacial score (nSPS) is 13.2. The van der Waals surface area contributed by atoms with Crippen LogP contribution in [-0.4, -0.2) is 11.9 Å². The van der Waals surface area contributed by atoms with Crippen LogP contribution < -0.4 is 11.1 Å². The minimum absolute atomic E-state index is 0.0733. The summed E-state index contributed by atoms with van der Waals surface area (Å²) in [5, 5.41) is 2.38. The second-order valence-electron chi connectivity index (χ2n) is 4.08. The number of anilines is 1. The number of amides is 1. The third kappa shape index (κ3) is 4.50. The summed E-state index contributed by atoms with van der Waals surface area (Å²) in [6.45, 7) is 1.87. The number of carbonyl (C=O) groups is 1. The highest BCUT2D eigenvalue weighted by Crippen LogP contribution is 2.36. The van der Waals surface area contributed by atoms with Crippen LogP contribution in [0.1, 0.15) is 25.3 Å². The Kier molecular flexibility index (Phi) is 5.37. The van der Waals surface area contributed by atoms with Gasteiger partial charge in [-0.15, -0.1) is 0 Å². The first-order valence-corrected chi connectivity index (χ1v) is 6.48. The van der Waals surface area contributed by atoms with Gasteiger partial charge in [0.05, 0.1) is 11.6 Å². The van der Waals surface area contributed by atoms with Crippen molar-refractivity contribution < 1.29 is 18.0 Å². The maximum atomic E-state index is 12.7. The molecule has 0 radical (unpaired) electrons. The summed E-state index contributed by atoms with van der Waals surface area (Å²) < 4.78 is 38.0. The Balaban J connectivity index is 2.89. The quantitative estimate of drug-likeness (QED) is 0.882. The van der Waals surface area contributed by atoms with Crippen LogP contribution in [0.3, 0.4) is 0 Å². The molecule has 3 nitrogen and oxygen atoms in total. The van der Waals surface area contributed by atoms with Crippen LogP contribution >= 0.6 is 15.9 Å². The van der Waals surface area contributed by atoms with Gasteiger partial charge in [-0.3, -0.25) is 4.79 Å². The third-order valence-corrected chi connectivity index (χ3v) is 3.17. The van der Waals surface area contributed by atoms with Crippen molar-refractivity contribution in [3.63, 3.8) is 0 Å². The molecule has 7 heteroatoms. The molecule has 1 rings (SSSR count). The number of hydrogen-bond donors (Lipinski definition) is 2. The molecular formula is C12H14BrF3N2O. The Morgan fingerprint density at radius 2 is 2.11 bits per heavy atom. The molecule has 19 heavy (non-hydrogen) atoms. The number of nitrogens with two attached hydrogens (primary N) is 1. The van der Waals surface area contributed by atoms with E-state index in [-0.39, 0.29) is 10.2 Å². The van der Waals surface area contributed by atoms with Crippen molar-refractivity contribution in [2.75, 3.05) is 5.32 Å². The number of nitrogens with one attached hydrogen (secondary N) is 1. The minimum atomic E-state index is -4.48. The number of halogens is 4. The van der Waals surface area contributed by atoms with E-state index >= 15 is 0 Å². The molecule has 0 saturated carbocycles. The lowest BCUT2D eigenvalue weighted by molar-refractivity contribution is -0.138. The van der Waals surface area contributed by atoms with E-state index in [0.717, 1.165) is 12.5 Å². The molecule has 0 aliphatic carbocycles. The molecule has 0 unspecified atom stereocenters. The Morgan fingerprint density at radius 1 is 1.47 bits per heavy atom. The molecule has 1 aromatic rings. The Bertz CT molecular complexity index is 463. The summed E-state index contributed by atoms with van der Waals surface area (Å²) in [5.41, 5.74) is 4.82. The molecule has 106 valence electrons. The van der Waals surface area contributed by atoms with E-state index in [0.29, 0.717) is 6.42 Å². The summed E-state index contributed by atoms with van der Waals surface area (Å²) in [5.74, 6) is -0.489. The fraction of sp³-hybridized carbons (Fsp3) is 0.417. The predicted molar refractivity (Wildman–Crippen MR) is 70.7 cm³/mol. The molecule has 1 amide bonds. The van der Waals surface area contributed by atoms with Crippen molar-refractivity contribution >= 4 is 27.5 Å². The van der Waals surface area contributed by atoms with E-state index < -0.39 is 23.7 Å². The van der Waals surface area contributed by atoms with E-state index in [1.54, 1.807) is 0 Å². The first-order chi connectivity index (χ1) is 8.75. The smallest absolute Gasteiger partial charge is 0.325 e. The molecule has 0 aliphatic heterocycles. The molecule has 0 spiro atoms. The van der Waals surface area contributed by atoms with Gasteiger partial charge in [-0.25, -0.2) is 0 Å². The SMILES string of the molecule is CCC[C@H](N)C(=O)Nc1ccc(Br)c(C(F)(F)F)c1. The minimum Gasteiger partial charge on any atom is -0.325 e. The van der Waals surface area contributed by atoms with Crippen LogP contribution in [0.15, 0.2) is 22.7 Å². The van der Waals surface area contributed by atoms with Crippen LogP contribution in [0, 0.1) is 0 Å².